The summed E-state index contributed by atoms with van der Waals surface area (Å²) in [5.41, 5.74) is 3.68. The van der Waals surface area contributed by atoms with E-state index in [9.17, 15) is 13.2 Å². The lowest BCUT2D eigenvalue weighted by atomic mass is 10.0. The molecule has 0 radical (unpaired) electrons. The van der Waals surface area contributed by atoms with Crippen LogP contribution >= 0.6 is 0 Å². The number of methoxy groups -OCH3 is 1. The molecule has 0 aliphatic carbocycles. The average Bonchev–Trinajstić information content (AvgIpc) is 3.38. The van der Waals surface area contributed by atoms with Gasteiger partial charge < -0.3 is 10.1 Å². The Kier molecular flexibility index (Phi) is 5.57. The Morgan fingerprint density at radius 3 is 2.50 bits per heavy atom. The average molecular weight is 477 g/mol. The van der Waals surface area contributed by atoms with Gasteiger partial charge >= 0.3 is 0 Å². The fourth-order valence-corrected chi connectivity index (χ4v) is 6.04. The zero-order valence-electron chi connectivity index (χ0n) is 18.9. The number of carbonyl (C=O) groups excluding carboxylic acids is 1. The number of aromatic nitrogens is 3. The highest BCUT2D eigenvalue weighted by Gasteiger charge is 2.32. The molecule has 0 saturated carbocycles. The number of nitrogens with zero attached hydrogens (tertiary/aromatic N) is 3. The number of amides is 1. The normalized spacial score (nSPS) is 17.1. The second-order valence-electron chi connectivity index (χ2n) is 8.39. The van der Waals surface area contributed by atoms with Crippen LogP contribution in [0.5, 0.6) is 5.75 Å². The molecule has 3 heterocycles. The summed E-state index contributed by atoms with van der Waals surface area (Å²) in [6.45, 7) is 1.82. The standard InChI is InChI=1S/C25H24N4O4S/c1-16-23-21(25(30)26-18-8-10-20(33-2)11-9-18)14-22(17-6-4-3-5-7-17)27-24(23)29(28-16)19-12-13-34(31,32)15-19/h3-11,14,19H,12-13,15H2,1-2H3,(H,26,30)/t19-/m0/s1. The van der Waals surface area contributed by atoms with Gasteiger partial charge in [-0.1, -0.05) is 30.3 Å². The van der Waals surface area contributed by atoms with E-state index in [0.29, 0.717) is 45.8 Å². The van der Waals surface area contributed by atoms with Gasteiger partial charge in [0.25, 0.3) is 5.91 Å². The summed E-state index contributed by atoms with van der Waals surface area (Å²) >= 11 is 0. The monoisotopic (exact) mass is 476 g/mol. The SMILES string of the molecule is COc1ccc(NC(=O)c2cc(-c3ccccc3)nc3c2c(C)nn3[C@H]2CCS(=O)(=O)C2)cc1. The molecule has 5 rings (SSSR count). The number of carbonyl (C=O) groups is 1. The van der Waals surface area contributed by atoms with Crippen LogP contribution in [-0.4, -0.2) is 47.7 Å². The van der Waals surface area contributed by atoms with Crippen LogP contribution < -0.4 is 10.1 Å². The number of aryl methyl sites for hydroxylation is 1. The van der Waals surface area contributed by atoms with Crippen molar-refractivity contribution in [2.75, 3.05) is 23.9 Å². The summed E-state index contributed by atoms with van der Waals surface area (Å²) in [6, 6.07) is 18.1. The van der Waals surface area contributed by atoms with Crippen molar-refractivity contribution in [3.63, 3.8) is 0 Å². The van der Waals surface area contributed by atoms with Crippen LogP contribution in [0.15, 0.2) is 60.7 Å². The highest BCUT2D eigenvalue weighted by Crippen LogP contribution is 2.32. The van der Waals surface area contributed by atoms with Gasteiger partial charge in [-0.25, -0.2) is 18.1 Å². The van der Waals surface area contributed by atoms with E-state index in [1.807, 2.05) is 37.3 Å². The summed E-state index contributed by atoms with van der Waals surface area (Å²) in [5, 5.41) is 8.20. The van der Waals surface area contributed by atoms with Crippen molar-refractivity contribution in [2.24, 2.45) is 0 Å². The van der Waals surface area contributed by atoms with Crippen LogP contribution in [-0.2, 0) is 9.84 Å². The summed E-state index contributed by atoms with van der Waals surface area (Å²) in [6.07, 6.45) is 0.475. The molecule has 2 aromatic carbocycles. The predicted molar refractivity (Wildman–Crippen MR) is 131 cm³/mol. The van der Waals surface area contributed by atoms with Crippen LogP contribution in [0, 0.1) is 6.92 Å². The number of fused-ring (bicyclic) bond motifs is 1. The number of hydrogen-bond acceptors (Lipinski definition) is 6. The Bertz CT molecular complexity index is 1480. The van der Waals surface area contributed by atoms with E-state index in [2.05, 4.69) is 10.4 Å². The number of anilines is 1. The maximum absolute atomic E-state index is 13.4. The van der Waals surface area contributed by atoms with Gasteiger partial charge in [0.05, 0.1) is 47.0 Å². The number of hydrogen-bond donors (Lipinski definition) is 1. The van der Waals surface area contributed by atoms with Crippen LogP contribution in [0.1, 0.15) is 28.5 Å². The summed E-state index contributed by atoms with van der Waals surface area (Å²) < 4.78 is 31.1. The molecule has 9 heteroatoms. The van der Waals surface area contributed by atoms with Crippen molar-refractivity contribution in [3.05, 3.63) is 71.9 Å². The molecule has 1 aliphatic heterocycles. The fraction of sp³-hybridized carbons (Fsp3) is 0.240. The Labute approximate surface area is 197 Å². The topological polar surface area (TPSA) is 103 Å². The zero-order chi connectivity index (χ0) is 23.9. The molecule has 1 atom stereocenters. The van der Waals surface area contributed by atoms with Crippen molar-refractivity contribution in [2.45, 2.75) is 19.4 Å². The lowest BCUT2D eigenvalue weighted by Crippen LogP contribution is -2.15. The van der Waals surface area contributed by atoms with Gasteiger partial charge in [0, 0.05) is 11.3 Å². The quantitative estimate of drug-likeness (QED) is 0.467. The van der Waals surface area contributed by atoms with Gasteiger partial charge in [-0.15, -0.1) is 0 Å². The summed E-state index contributed by atoms with van der Waals surface area (Å²) in [4.78, 5) is 18.3. The maximum Gasteiger partial charge on any atom is 0.256 e. The number of sulfone groups is 1. The third kappa shape index (κ3) is 4.14. The third-order valence-electron chi connectivity index (χ3n) is 6.05. The number of nitrogens with one attached hydrogen (secondary N) is 1. The maximum atomic E-state index is 13.4. The smallest absolute Gasteiger partial charge is 0.256 e. The number of pyridine rings is 1. The minimum Gasteiger partial charge on any atom is -0.497 e. The van der Waals surface area contributed by atoms with Crippen molar-refractivity contribution >= 4 is 32.5 Å². The van der Waals surface area contributed by atoms with Gasteiger partial charge in [0.2, 0.25) is 0 Å². The first-order valence-electron chi connectivity index (χ1n) is 11.0. The Morgan fingerprint density at radius 1 is 1.12 bits per heavy atom. The first kappa shape index (κ1) is 22.1. The van der Waals surface area contributed by atoms with Gasteiger partial charge in [-0.3, -0.25) is 4.79 Å². The first-order valence-corrected chi connectivity index (χ1v) is 12.8. The lowest BCUT2D eigenvalue weighted by molar-refractivity contribution is 0.102. The van der Waals surface area contributed by atoms with Gasteiger partial charge in [0.15, 0.2) is 15.5 Å². The molecule has 0 spiro atoms. The second kappa shape index (κ2) is 8.57. The molecular formula is C25H24N4O4S. The van der Waals surface area contributed by atoms with Crippen LogP contribution in [0.3, 0.4) is 0 Å². The Morgan fingerprint density at radius 2 is 1.85 bits per heavy atom. The van der Waals surface area contributed by atoms with E-state index in [1.54, 1.807) is 42.1 Å². The number of rotatable bonds is 5. The largest absolute Gasteiger partial charge is 0.497 e. The molecule has 8 nitrogen and oxygen atoms in total. The fourth-order valence-electron chi connectivity index (χ4n) is 4.34. The van der Waals surface area contributed by atoms with Crippen molar-refractivity contribution in [3.8, 4) is 17.0 Å². The molecule has 1 fully saturated rings. The van der Waals surface area contributed by atoms with E-state index in [-0.39, 0.29) is 23.5 Å². The van der Waals surface area contributed by atoms with Crippen molar-refractivity contribution in [1.82, 2.24) is 14.8 Å². The van der Waals surface area contributed by atoms with E-state index >= 15 is 0 Å². The highest BCUT2D eigenvalue weighted by molar-refractivity contribution is 7.91. The minimum absolute atomic E-state index is 0.0217. The molecule has 2 aromatic heterocycles. The molecule has 0 unspecified atom stereocenters. The molecule has 1 N–H and O–H groups in total. The number of ether oxygens (including phenoxy) is 1. The molecule has 4 aromatic rings. The summed E-state index contributed by atoms with van der Waals surface area (Å²) in [5.74, 6) is 0.547. The Balaban J connectivity index is 1.64. The van der Waals surface area contributed by atoms with E-state index in [4.69, 9.17) is 9.72 Å². The Hall–Kier alpha value is -3.72. The third-order valence-corrected chi connectivity index (χ3v) is 7.80. The molecular weight excluding hydrogens is 452 g/mol. The van der Waals surface area contributed by atoms with Gasteiger partial charge in [-0.2, -0.15) is 5.10 Å². The second-order valence-corrected chi connectivity index (χ2v) is 10.6. The van der Waals surface area contributed by atoms with E-state index < -0.39 is 9.84 Å². The summed E-state index contributed by atoms with van der Waals surface area (Å²) in [7, 11) is -1.53. The highest BCUT2D eigenvalue weighted by atomic mass is 32.2. The van der Waals surface area contributed by atoms with Gasteiger partial charge in [0.1, 0.15) is 5.75 Å². The van der Waals surface area contributed by atoms with Crippen LogP contribution in [0.4, 0.5) is 5.69 Å². The lowest BCUT2D eigenvalue weighted by Gasteiger charge is -2.12. The van der Waals surface area contributed by atoms with Crippen molar-refractivity contribution < 1.29 is 17.9 Å². The minimum atomic E-state index is -3.12. The van der Waals surface area contributed by atoms with E-state index in [0.717, 1.165) is 5.56 Å². The number of benzene rings is 2. The first-order chi connectivity index (χ1) is 16.3. The van der Waals surface area contributed by atoms with Crippen LogP contribution in [0.25, 0.3) is 22.3 Å². The molecule has 34 heavy (non-hydrogen) atoms. The van der Waals surface area contributed by atoms with E-state index in [1.165, 1.54) is 0 Å². The molecule has 1 aliphatic rings. The van der Waals surface area contributed by atoms with Crippen LogP contribution in [0.2, 0.25) is 0 Å². The molecule has 1 amide bonds. The molecule has 0 bridgehead atoms. The van der Waals surface area contributed by atoms with Gasteiger partial charge in [-0.05, 0) is 43.7 Å². The molecule has 1 saturated heterocycles. The predicted octanol–water partition coefficient (Wildman–Crippen LogP) is 4.03. The zero-order valence-corrected chi connectivity index (χ0v) is 19.7. The molecule has 174 valence electrons. The van der Waals surface area contributed by atoms with Crippen molar-refractivity contribution in [1.29, 1.82) is 0 Å².